The van der Waals surface area contributed by atoms with Crippen LogP contribution in [-0.4, -0.2) is 122 Å². The largest absolute Gasteiger partial charge is 0.463 e. The number of aliphatic hydroxyl groups excluding tert-OH is 1. The molecule has 2 rings (SSSR count). The van der Waals surface area contributed by atoms with Crippen LogP contribution in [0.2, 0.25) is 0 Å². The summed E-state index contributed by atoms with van der Waals surface area (Å²) in [5.41, 5.74) is 0. The number of hydrogen-bond donors (Lipinski definition) is 1. The maximum Gasteiger partial charge on any atom is 0.303 e. The van der Waals surface area contributed by atoms with E-state index in [1.807, 2.05) is 0 Å². The maximum absolute atomic E-state index is 12.2. The van der Waals surface area contributed by atoms with Crippen LogP contribution in [0.5, 0.6) is 0 Å². The van der Waals surface area contributed by atoms with E-state index < -0.39 is 116 Å². The van der Waals surface area contributed by atoms with Gasteiger partial charge in [0.2, 0.25) is 0 Å². The highest BCUT2D eigenvalue weighted by atomic mass is 16.8. The van der Waals surface area contributed by atoms with Crippen molar-refractivity contribution in [3.05, 3.63) is 0 Å². The van der Waals surface area contributed by atoms with Crippen LogP contribution in [0.3, 0.4) is 0 Å². The van der Waals surface area contributed by atoms with E-state index in [9.17, 15) is 38.7 Å². The first-order valence-corrected chi connectivity index (χ1v) is 13.3. The van der Waals surface area contributed by atoms with Gasteiger partial charge in [-0.3, -0.25) is 33.6 Å². The minimum Gasteiger partial charge on any atom is -0.463 e. The minimum atomic E-state index is -1.90. The smallest absolute Gasteiger partial charge is 0.303 e. The van der Waals surface area contributed by atoms with Crippen LogP contribution in [0.15, 0.2) is 0 Å². The second-order valence-corrected chi connectivity index (χ2v) is 9.68. The maximum atomic E-state index is 12.2. The molecule has 2 aliphatic rings. The predicted octanol–water partition coefficient (Wildman–Crippen LogP) is -1.40. The van der Waals surface area contributed by atoms with Crippen molar-refractivity contribution in [1.82, 2.24) is 0 Å². The van der Waals surface area contributed by atoms with Crippen LogP contribution in [-0.2, 0) is 80.9 Å². The molecule has 2 fully saturated rings. The molecule has 44 heavy (non-hydrogen) atoms. The van der Waals surface area contributed by atoms with Gasteiger partial charge in [0.15, 0.2) is 43.1 Å². The number of ether oxygens (including phenoxy) is 10. The van der Waals surface area contributed by atoms with Gasteiger partial charge in [-0.05, 0) is 0 Å². The molecule has 2 heterocycles. The van der Waals surface area contributed by atoms with Crippen molar-refractivity contribution in [3.8, 4) is 0 Å². The second kappa shape index (κ2) is 16.3. The van der Waals surface area contributed by atoms with E-state index in [4.69, 9.17) is 47.4 Å². The molecule has 10 atom stereocenters. The number of aliphatic hydroxyl groups is 1. The van der Waals surface area contributed by atoms with Crippen molar-refractivity contribution >= 4 is 41.8 Å². The van der Waals surface area contributed by atoms with Crippen LogP contribution in [0.4, 0.5) is 0 Å². The Kier molecular flexibility index (Phi) is 13.4. The van der Waals surface area contributed by atoms with E-state index in [0.717, 1.165) is 48.5 Å². The van der Waals surface area contributed by atoms with Crippen molar-refractivity contribution in [2.45, 2.75) is 110 Å². The molecular formula is C26H36O18. The Morgan fingerprint density at radius 1 is 0.477 bits per heavy atom. The Morgan fingerprint density at radius 2 is 0.841 bits per heavy atom. The highest BCUT2D eigenvalue weighted by Crippen LogP contribution is 2.34. The zero-order chi connectivity index (χ0) is 33.3. The molecule has 0 spiro atoms. The molecule has 18 heteroatoms. The van der Waals surface area contributed by atoms with Crippen LogP contribution in [0.25, 0.3) is 0 Å². The molecule has 0 radical (unpaired) electrons. The molecular weight excluding hydrogens is 600 g/mol. The summed E-state index contributed by atoms with van der Waals surface area (Å²) in [6.45, 7) is 6.11. The van der Waals surface area contributed by atoms with Crippen LogP contribution in [0, 0.1) is 0 Å². The quantitative estimate of drug-likeness (QED) is 0.203. The Labute approximate surface area is 251 Å². The molecule has 0 aromatic carbocycles. The molecule has 1 N–H and O–H groups in total. The first-order chi connectivity index (χ1) is 20.5. The Hall–Kier alpha value is -3.87. The molecule has 0 amide bonds. The average molecular weight is 637 g/mol. The molecule has 0 aromatic rings. The van der Waals surface area contributed by atoms with Crippen LogP contribution in [0.1, 0.15) is 48.5 Å². The van der Waals surface area contributed by atoms with Crippen molar-refractivity contribution in [2.75, 3.05) is 13.2 Å². The van der Waals surface area contributed by atoms with Crippen molar-refractivity contribution in [1.29, 1.82) is 0 Å². The molecule has 18 nitrogen and oxygen atoms in total. The topological polar surface area (TPSA) is 232 Å². The average Bonchev–Trinajstić information content (AvgIpc) is 2.87. The first-order valence-electron chi connectivity index (χ1n) is 13.3. The van der Waals surface area contributed by atoms with Crippen molar-refractivity contribution in [2.24, 2.45) is 0 Å². The zero-order valence-electron chi connectivity index (χ0n) is 25.1. The minimum absolute atomic E-state index is 0.572. The Morgan fingerprint density at radius 3 is 1.27 bits per heavy atom. The summed E-state index contributed by atoms with van der Waals surface area (Å²) in [6.07, 6.45) is -16.3. The molecule has 248 valence electrons. The monoisotopic (exact) mass is 636 g/mol. The van der Waals surface area contributed by atoms with Gasteiger partial charge in [0, 0.05) is 48.5 Å². The first kappa shape index (κ1) is 36.3. The van der Waals surface area contributed by atoms with E-state index >= 15 is 0 Å². The molecule has 2 aliphatic heterocycles. The third-order valence-electron chi connectivity index (χ3n) is 5.90. The summed E-state index contributed by atoms with van der Waals surface area (Å²) in [5, 5.41) is 10.6. The molecule has 0 bridgehead atoms. The van der Waals surface area contributed by atoms with E-state index in [-0.39, 0.29) is 0 Å². The Balaban J connectivity index is 2.66. The van der Waals surface area contributed by atoms with Gasteiger partial charge in [-0.1, -0.05) is 0 Å². The van der Waals surface area contributed by atoms with E-state index in [0.29, 0.717) is 0 Å². The van der Waals surface area contributed by atoms with Crippen LogP contribution < -0.4 is 0 Å². The fraction of sp³-hybridized carbons (Fsp3) is 0.731. The molecule has 0 aliphatic carbocycles. The highest BCUT2D eigenvalue weighted by Gasteiger charge is 2.57. The van der Waals surface area contributed by atoms with Gasteiger partial charge >= 0.3 is 41.8 Å². The van der Waals surface area contributed by atoms with E-state index in [1.54, 1.807) is 0 Å². The Bertz CT molecular complexity index is 1090. The zero-order valence-corrected chi connectivity index (χ0v) is 25.1. The number of carbonyl (C=O) groups is 7. The number of rotatable bonds is 11. The summed E-state index contributed by atoms with van der Waals surface area (Å²) in [5.74, 6) is -6.03. The van der Waals surface area contributed by atoms with Gasteiger partial charge in [-0.15, -0.1) is 0 Å². The molecule has 0 unspecified atom stereocenters. The van der Waals surface area contributed by atoms with Gasteiger partial charge in [-0.25, -0.2) is 0 Å². The van der Waals surface area contributed by atoms with Gasteiger partial charge in [0.05, 0.1) is 0 Å². The number of hydrogen-bond acceptors (Lipinski definition) is 18. The molecule has 0 aromatic heterocycles. The van der Waals surface area contributed by atoms with Crippen molar-refractivity contribution < 1.29 is 86.0 Å². The summed E-state index contributed by atoms with van der Waals surface area (Å²) >= 11 is 0. The SMILES string of the molecule is CC(=O)OC[C@@H]1O[C@H](O[C@@H]2[C@@H](OC(C)=O)[C@@H](OC(C)=O)[C@H](O)O[C@H]2COC(C)=O)[C@@H](OC(C)=O)[C@H](OC(C)=O)[C@H]1OC(C)=O. The summed E-state index contributed by atoms with van der Waals surface area (Å²) in [4.78, 5) is 83.5. The van der Waals surface area contributed by atoms with Gasteiger partial charge in [0.25, 0.3) is 0 Å². The summed E-state index contributed by atoms with van der Waals surface area (Å²) < 4.78 is 54.1. The van der Waals surface area contributed by atoms with E-state index in [2.05, 4.69) is 0 Å². The van der Waals surface area contributed by atoms with Gasteiger partial charge in [0.1, 0.15) is 31.5 Å². The van der Waals surface area contributed by atoms with Crippen molar-refractivity contribution in [3.63, 3.8) is 0 Å². The predicted molar refractivity (Wildman–Crippen MR) is 135 cm³/mol. The van der Waals surface area contributed by atoms with Crippen LogP contribution >= 0.6 is 0 Å². The fourth-order valence-corrected chi connectivity index (χ4v) is 4.49. The van der Waals surface area contributed by atoms with Gasteiger partial charge in [-0.2, -0.15) is 0 Å². The summed E-state index contributed by atoms with van der Waals surface area (Å²) in [7, 11) is 0. The summed E-state index contributed by atoms with van der Waals surface area (Å²) in [6, 6.07) is 0. The number of carbonyl (C=O) groups excluding carboxylic acids is 7. The van der Waals surface area contributed by atoms with Gasteiger partial charge < -0.3 is 52.5 Å². The molecule has 0 saturated carbocycles. The third kappa shape index (κ3) is 10.7. The molecule has 2 saturated heterocycles. The highest BCUT2D eigenvalue weighted by molar-refractivity contribution is 5.69. The lowest BCUT2D eigenvalue weighted by Crippen LogP contribution is -2.67. The lowest BCUT2D eigenvalue weighted by atomic mass is 9.96. The second-order valence-electron chi connectivity index (χ2n) is 9.68. The fourth-order valence-electron chi connectivity index (χ4n) is 4.49. The van der Waals surface area contributed by atoms with E-state index in [1.165, 1.54) is 0 Å². The lowest BCUT2D eigenvalue weighted by Gasteiger charge is -2.48. The number of esters is 7. The standard InChI is InChI=1S/C26H36O18/c1-10(27)35-8-17-20(21(38-13(4)30)23(25(34)42-17)40-15(6)32)44-26-24(41-16(7)33)22(39-14(5)31)19(37-12(3)29)18(43-26)9-36-11(2)28/h17-26,34H,8-9H2,1-7H3/t17-,18-,19-,20-,21+,22+,23+,24-,25+,26+/m0/s1. The lowest BCUT2D eigenvalue weighted by molar-refractivity contribution is -0.357. The normalized spacial score (nSPS) is 31.5. The third-order valence-corrected chi connectivity index (χ3v) is 5.90.